The molecule has 0 aliphatic rings. The van der Waals surface area contributed by atoms with E-state index in [0.717, 1.165) is 0 Å². The highest BCUT2D eigenvalue weighted by atomic mass is 16.5. The molecule has 0 atom stereocenters. The van der Waals surface area contributed by atoms with Crippen LogP contribution in [0.15, 0.2) is 48.6 Å². The monoisotopic (exact) mass is 382 g/mol. The van der Waals surface area contributed by atoms with E-state index in [-0.39, 0.29) is 23.7 Å². The first-order chi connectivity index (χ1) is 13.5. The van der Waals surface area contributed by atoms with E-state index >= 15 is 0 Å². The molecule has 0 aliphatic carbocycles. The highest BCUT2D eigenvalue weighted by molar-refractivity contribution is 6.11. The largest absolute Gasteiger partial charge is 0.504 e. The van der Waals surface area contributed by atoms with Crippen molar-refractivity contribution in [2.45, 2.75) is 6.42 Å². The van der Waals surface area contributed by atoms with Crippen LogP contribution in [0, 0.1) is 0 Å². The molecule has 2 aromatic carbocycles. The number of aromatic hydroxyl groups is 1. The van der Waals surface area contributed by atoms with Gasteiger partial charge in [-0.2, -0.15) is 0 Å². The van der Waals surface area contributed by atoms with Crippen molar-refractivity contribution in [1.82, 2.24) is 0 Å². The summed E-state index contributed by atoms with van der Waals surface area (Å²) in [5.74, 6) is 0.879. The second-order valence-corrected chi connectivity index (χ2v) is 5.82. The van der Waals surface area contributed by atoms with Crippen LogP contribution >= 0.6 is 0 Å². The van der Waals surface area contributed by atoms with Gasteiger partial charge in [-0.15, -0.1) is 0 Å². The van der Waals surface area contributed by atoms with Gasteiger partial charge in [-0.25, -0.2) is 0 Å². The lowest BCUT2D eigenvalue weighted by atomic mass is 10.1. The zero-order valence-corrected chi connectivity index (χ0v) is 16.0. The van der Waals surface area contributed by atoms with Crippen LogP contribution < -0.4 is 14.2 Å². The minimum absolute atomic E-state index is 0.0141. The molecule has 146 valence electrons. The Kier molecular flexibility index (Phi) is 7.39. The maximum absolute atomic E-state index is 12.0. The van der Waals surface area contributed by atoms with E-state index in [1.54, 1.807) is 49.6 Å². The summed E-state index contributed by atoms with van der Waals surface area (Å²) in [6.07, 6.45) is 5.59. The van der Waals surface area contributed by atoms with Crippen molar-refractivity contribution in [3.8, 4) is 23.0 Å². The Morgan fingerprint density at radius 1 is 0.857 bits per heavy atom. The van der Waals surface area contributed by atoms with Crippen LogP contribution in [0.4, 0.5) is 0 Å². The molecule has 6 heteroatoms. The van der Waals surface area contributed by atoms with Crippen LogP contribution in [-0.2, 0) is 9.59 Å². The van der Waals surface area contributed by atoms with Crippen LogP contribution in [-0.4, -0.2) is 38.0 Å². The summed E-state index contributed by atoms with van der Waals surface area (Å²) in [6, 6.07) is 9.94. The summed E-state index contributed by atoms with van der Waals surface area (Å²) in [6.45, 7) is 0. The number of benzene rings is 2. The predicted octanol–water partition coefficient (Wildman–Crippen LogP) is 3.67. The van der Waals surface area contributed by atoms with E-state index in [2.05, 4.69) is 0 Å². The van der Waals surface area contributed by atoms with Gasteiger partial charge in [0.05, 0.1) is 27.8 Å². The minimum atomic E-state index is -0.330. The van der Waals surface area contributed by atoms with Crippen LogP contribution in [0.1, 0.15) is 17.5 Å². The van der Waals surface area contributed by atoms with Gasteiger partial charge >= 0.3 is 0 Å². The summed E-state index contributed by atoms with van der Waals surface area (Å²) < 4.78 is 15.4. The van der Waals surface area contributed by atoms with Crippen molar-refractivity contribution in [3.63, 3.8) is 0 Å². The second-order valence-electron chi connectivity index (χ2n) is 5.82. The molecular weight excluding hydrogens is 360 g/mol. The smallest absolute Gasteiger partial charge is 0.163 e. The number of hydrogen-bond acceptors (Lipinski definition) is 6. The molecule has 0 spiro atoms. The zero-order valence-electron chi connectivity index (χ0n) is 16.0. The molecule has 0 heterocycles. The van der Waals surface area contributed by atoms with Gasteiger partial charge in [-0.1, -0.05) is 12.1 Å². The van der Waals surface area contributed by atoms with Crippen LogP contribution in [0.2, 0.25) is 0 Å². The number of phenolic OH excluding ortho intramolecular Hbond substituents is 1. The van der Waals surface area contributed by atoms with Crippen molar-refractivity contribution in [2.24, 2.45) is 0 Å². The normalized spacial score (nSPS) is 11.0. The van der Waals surface area contributed by atoms with E-state index in [0.29, 0.717) is 28.4 Å². The number of methoxy groups -OCH3 is 3. The number of hydrogen-bond donors (Lipinski definition) is 1. The second kappa shape index (κ2) is 9.97. The SMILES string of the molecule is COc1ccc(C=CC(=O)CC(=O)C=Cc2ccc(O)c(OC)c2)c(OC)c1. The average molecular weight is 382 g/mol. The van der Waals surface area contributed by atoms with Crippen molar-refractivity contribution >= 4 is 23.7 Å². The Balaban J connectivity index is 1.99. The molecule has 0 aliphatic heterocycles. The molecular formula is C22H22O6. The maximum Gasteiger partial charge on any atom is 0.163 e. The molecule has 0 bridgehead atoms. The van der Waals surface area contributed by atoms with Gasteiger partial charge < -0.3 is 19.3 Å². The molecule has 28 heavy (non-hydrogen) atoms. The number of carbonyl (C=O) groups is 2. The van der Waals surface area contributed by atoms with Gasteiger partial charge in [0, 0.05) is 11.6 Å². The van der Waals surface area contributed by atoms with Crippen molar-refractivity contribution in [2.75, 3.05) is 21.3 Å². The number of ether oxygens (including phenoxy) is 3. The first-order valence-electron chi connectivity index (χ1n) is 8.47. The number of rotatable bonds is 9. The standard InChI is InChI=1S/C22H22O6/c1-26-19-10-7-16(21(14-19)27-2)6-9-18(24)13-17(23)8-4-15-5-11-20(25)22(12-15)28-3/h4-12,14,25H,13H2,1-3H3. The average Bonchev–Trinajstić information content (AvgIpc) is 2.71. The predicted molar refractivity (Wildman–Crippen MR) is 107 cm³/mol. The van der Waals surface area contributed by atoms with Crippen molar-refractivity contribution < 1.29 is 28.9 Å². The summed E-state index contributed by atoms with van der Waals surface area (Å²) in [4.78, 5) is 24.0. The maximum atomic E-state index is 12.0. The Morgan fingerprint density at radius 3 is 2.18 bits per heavy atom. The highest BCUT2D eigenvalue weighted by Crippen LogP contribution is 2.27. The Bertz CT molecular complexity index is 911. The Labute approximate surface area is 163 Å². The van der Waals surface area contributed by atoms with Crippen molar-refractivity contribution in [3.05, 3.63) is 59.7 Å². The van der Waals surface area contributed by atoms with E-state index in [1.165, 1.54) is 32.4 Å². The lowest BCUT2D eigenvalue weighted by Gasteiger charge is -2.07. The molecule has 0 fully saturated rings. The first kappa shape index (κ1) is 20.8. The fourth-order valence-corrected chi connectivity index (χ4v) is 2.42. The van der Waals surface area contributed by atoms with E-state index < -0.39 is 0 Å². The van der Waals surface area contributed by atoms with Crippen LogP contribution in [0.5, 0.6) is 23.0 Å². The van der Waals surface area contributed by atoms with Gasteiger partial charge in [0.15, 0.2) is 23.1 Å². The van der Waals surface area contributed by atoms with E-state index in [4.69, 9.17) is 14.2 Å². The molecule has 0 saturated carbocycles. The zero-order chi connectivity index (χ0) is 20.5. The number of phenols is 1. The molecule has 2 aromatic rings. The first-order valence-corrected chi connectivity index (χ1v) is 8.47. The highest BCUT2D eigenvalue weighted by Gasteiger charge is 2.06. The van der Waals surface area contributed by atoms with Gasteiger partial charge in [0.25, 0.3) is 0 Å². The van der Waals surface area contributed by atoms with E-state index in [1.807, 2.05) is 0 Å². The van der Waals surface area contributed by atoms with Crippen LogP contribution in [0.3, 0.4) is 0 Å². The minimum Gasteiger partial charge on any atom is -0.504 e. The third-order valence-corrected chi connectivity index (χ3v) is 3.90. The van der Waals surface area contributed by atoms with Gasteiger partial charge in [0.1, 0.15) is 11.5 Å². The summed E-state index contributed by atoms with van der Waals surface area (Å²) in [7, 11) is 4.53. The number of carbonyl (C=O) groups excluding carboxylic acids is 2. The molecule has 0 radical (unpaired) electrons. The molecule has 2 rings (SSSR count). The van der Waals surface area contributed by atoms with Gasteiger partial charge in [-0.3, -0.25) is 9.59 Å². The Hall–Kier alpha value is -3.54. The lowest BCUT2D eigenvalue weighted by molar-refractivity contribution is -0.121. The fourth-order valence-electron chi connectivity index (χ4n) is 2.42. The number of allylic oxidation sites excluding steroid dienone is 2. The third-order valence-electron chi connectivity index (χ3n) is 3.90. The molecule has 0 unspecified atom stereocenters. The topological polar surface area (TPSA) is 82.1 Å². The van der Waals surface area contributed by atoms with Gasteiger partial charge in [-0.05, 0) is 48.1 Å². The van der Waals surface area contributed by atoms with Gasteiger partial charge in [0.2, 0.25) is 0 Å². The summed E-state index contributed by atoms with van der Waals surface area (Å²) in [5, 5.41) is 9.57. The Morgan fingerprint density at radius 2 is 1.54 bits per heavy atom. The number of ketones is 2. The summed E-state index contributed by atoms with van der Waals surface area (Å²) in [5.41, 5.74) is 1.38. The third kappa shape index (κ3) is 5.74. The summed E-state index contributed by atoms with van der Waals surface area (Å²) >= 11 is 0. The van der Waals surface area contributed by atoms with Crippen LogP contribution in [0.25, 0.3) is 12.2 Å². The van der Waals surface area contributed by atoms with E-state index in [9.17, 15) is 14.7 Å². The molecule has 6 nitrogen and oxygen atoms in total. The van der Waals surface area contributed by atoms with Crippen molar-refractivity contribution in [1.29, 1.82) is 0 Å². The molecule has 0 saturated heterocycles. The molecule has 0 aromatic heterocycles. The molecule has 0 amide bonds. The quantitative estimate of drug-likeness (QED) is 0.526. The fraction of sp³-hybridized carbons (Fsp3) is 0.182. The lowest BCUT2D eigenvalue weighted by Crippen LogP contribution is -2.02. The molecule has 1 N–H and O–H groups in total.